The van der Waals surface area contributed by atoms with Crippen LogP contribution >= 0.6 is 0 Å². The SMILES string of the molecule is C/C(=N/OCCOc1ccc(C[C@H](Oc2ccc(C(C)(C)C)cc2)C(=O)O)cc1)c1ccc(-c2ccccn2)cc1. The largest absolute Gasteiger partial charge is 0.490 e. The summed E-state index contributed by atoms with van der Waals surface area (Å²) in [6.45, 7) is 8.89. The Labute approximate surface area is 241 Å². The third kappa shape index (κ3) is 8.67. The summed E-state index contributed by atoms with van der Waals surface area (Å²) in [5.74, 6) is 0.181. The van der Waals surface area contributed by atoms with Crippen molar-refractivity contribution in [2.45, 2.75) is 45.6 Å². The van der Waals surface area contributed by atoms with Crippen LogP contribution in [0.5, 0.6) is 11.5 Å². The molecule has 0 aliphatic heterocycles. The Kier molecular flexibility index (Phi) is 9.74. The first kappa shape index (κ1) is 29.3. The number of aliphatic carboxylic acids is 1. The molecule has 1 heterocycles. The maximum atomic E-state index is 11.8. The Bertz CT molecular complexity index is 1430. The first-order valence-corrected chi connectivity index (χ1v) is 13.6. The van der Waals surface area contributed by atoms with Crippen molar-refractivity contribution in [3.05, 3.63) is 114 Å². The van der Waals surface area contributed by atoms with Gasteiger partial charge in [-0.15, -0.1) is 0 Å². The summed E-state index contributed by atoms with van der Waals surface area (Å²) in [4.78, 5) is 21.6. The van der Waals surface area contributed by atoms with E-state index in [1.807, 2.05) is 97.9 Å². The zero-order chi connectivity index (χ0) is 29.2. The van der Waals surface area contributed by atoms with Gasteiger partial charge in [0.25, 0.3) is 0 Å². The van der Waals surface area contributed by atoms with Gasteiger partial charge in [-0.1, -0.05) is 80.5 Å². The van der Waals surface area contributed by atoms with Crippen molar-refractivity contribution in [3.8, 4) is 22.8 Å². The molecule has 212 valence electrons. The number of pyridine rings is 1. The van der Waals surface area contributed by atoms with Crippen LogP contribution in [-0.2, 0) is 21.5 Å². The minimum atomic E-state index is -1.01. The van der Waals surface area contributed by atoms with Crippen molar-refractivity contribution in [1.82, 2.24) is 4.98 Å². The summed E-state index contributed by atoms with van der Waals surface area (Å²) in [6.07, 6.45) is 1.01. The van der Waals surface area contributed by atoms with Gasteiger partial charge in [0.15, 0.2) is 12.7 Å². The zero-order valence-electron chi connectivity index (χ0n) is 23.9. The topological polar surface area (TPSA) is 90.2 Å². The molecule has 4 aromatic rings. The van der Waals surface area contributed by atoms with E-state index in [0.717, 1.165) is 33.7 Å². The van der Waals surface area contributed by atoms with Crippen molar-refractivity contribution in [2.24, 2.45) is 5.16 Å². The maximum absolute atomic E-state index is 11.8. The number of carboxylic acid groups (broad SMARTS) is 1. The van der Waals surface area contributed by atoms with Crippen LogP contribution < -0.4 is 9.47 Å². The van der Waals surface area contributed by atoms with Crippen molar-refractivity contribution in [2.75, 3.05) is 13.2 Å². The molecule has 0 aliphatic carbocycles. The lowest BCUT2D eigenvalue weighted by Gasteiger charge is -2.20. The second-order valence-corrected chi connectivity index (χ2v) is 10.7. The predicted octanol–water partition coefficient (Wildman–Crippen LogP) is 6.94. The first-order valence-electron chi connectivity index (χ1n) is 13.6. The van der Waals surface area contributed by atoms with E-state index < -0.39 is 12.1 Å². The molecular formula is C34H36N2O5. The molecule has 0 fully saturated rings. The Morgan fingerprint density at radius 3 is 2.17 bits per heavy atom. The number of ether oxygens (including phenoxy) is 2. The minimum Gasteiger partial charge on any atom is -0.490 e. The molecule has 0 unspecified atom stereocenters. The Balaban J connectivity index is 1.22. The number of aromatic nitrogens is 1. The third-order valence-electron chi connectivity index (χ3n) is 6.53. The number of rotatable bonds is 12. The third-order valence-corrected chi connectivity index (χ3v) is 6.53. The molecular weight excluding hydrogens is 516 g/mol. The number of hydrogen-bond acceptors (Lipinski definition) is 6. The van der Waals surface area contributed by atoms with E-state index in [0.29, 0.717) is 18.1 Å². The molecule has 41 heavy (non-hydrogen) atoms. The Hall–Kier alpha value is -4.65. The zero-order valence-corrected chi connectivity index (χ0v) is 23.9. The van der Waals surface area contributed by atoms with Crippen LogP contribution in [-0.4, -0.2) is 41.1 Å². The van der Waals surface area contributed by atoms with Gasteiger partial charge < -0.3 is 19.4 Å². The van der Waals surface area contributed by atoms with E-state index in [9.17, 15) is 9.90 Å². The highest BCUT2D eigenvalue weighted by molar-refractivity contribution is 5.98. The van der Waals surface area contributed by atoms with Crippen LogP contribution in [0.25, 0.3) is 11.3 Å². The van der Waals surface area contributed by atoms with Gasteiger partial charge in [-0.2, -0.15) is 0 Å². The van der Waals surface area contributed by atoms with E-state index in [2.05, 4.69) is 30.9 Å². The fourth-order valence-electron chi connectivity index (χ4n) is 4.12. The van der Waals surface area contributed by atoms with Gasteiger partial charge >= 0.3 is 5.97 Å². The standard InChI is InChI=1S/C34H36N2O5/c1-24(26-10-12-27(13-11-26)31-7-5-6-20-35-31)36-40-22-21-39-29-16-8-25(9-17-29)23-32(33(37)38)41-30-18-14-28(15-19-30)34(2,3)4/h5-20,32H,21-23H2,1-4H3,(H,37,38)/b36-24-/t32-/m0/s1. The monoisotopic (exact) mass is 552 g/mol. The summed E-state index contributed by atoms with van der Waals surface area (Å²) in [7, 11) is 0. The van der Waals surface area contributed by atoms with Gasteiger partial charge in [0, 0.05) is 18.2 Å². The molecule has 7 nitrogen and oxygen atoms in total. The summed E-state index contributed by atoms with van der Waals surface area (Å²) in [5.41, 5.74) is 5.70. The lowest BCUT2D eigenvalue weighted by Crippen LogP contribution is -2.29. The molecule has 4 rings (SSSR count). The number of nitrogens with zero attached hydrogens (tertiary/aromatic N) is 2. The van der Waals surface area contributed by atoms with Gasteiger partial charge in [-0.3, -0.25) is 4.98 Å². The van der Waals surface area contributed by atoms with Crippen LogP contribution in [0.4, 0.5) is 0 Å². The molecule has 3 aromatic carbocycles. The minimum absolute atomic E-state index is 0.0149. The van der Waals surface area contributed by atoms with Crippen molar-refractivity contribution >= 4 is 11.7 Å². The molecule has 7 heteroatoms. The molecule has 0 amide bonds. The Morgan fingerprint density at radius 1 is 0.878 bits per heavy atom. The van der Waals surface area contributed by atoms with Crippen LogP contribution in [0.15, 0.2) is 102 Å². The Morgan fingerprint density at radius 2 is 1.56 bits per heavy atom. The van der Waals surface area contributed by atoms with Gasteiger partial charge in [0.1, 0.15) is 18.1 Å². The van der Waals surface area contributed by atoms with E-state index in [-0.39, 0.29) is 18.4 Å². The van der Waals surface area contributed by atoms with Gasteiger partial charge in [-0.25, -0.2) is 4.79 Å². The van der Waals surface area contributed by atoms with Gasteiger partial charge in [0.05, 0.1) is 11.4 Å². The summed E-state index contributed by atoms with van der Waals surface area (Å²) in [6, 6.07) is 28.7. The molecule has 0 aliphatic rings. The highest BCUT2D eigenvalue weighted by Crippen LogP contribution is 2.25. The van der Waals surface area contributed by atoms with Crippen molar-refractivity contribution < 1.29 is 24.2 Å². The molecule has 0 saturated carbocycles. The number of hydrogen-bond donors (Lipinski definition) is 1. The summed E-state index contributed by atoms with van der Waals surface area (Å²) < 4.78 is 11.5. The van der Waals surface area contributed by atoms with E-state index in [1.165, 1.54) is 0 Å². The summed E-state index contributed by atoms with van der Waals surface area (Å²) in [5, 5.41) is 13.9. The van der Waals surface area contributed by atoms with Gasteiger partial charge in [0.2, 0.25) is 0 Å². The molecule has 1 aromatic heterocycles. The quantitative estimate of drug-likeness (QED) is 0.116. The van der Waals surface area contributed by atoms with Crippen LogP contribution in [0, 0.1) is 0 Å². The van der Waals surface area contributed by atoms with Crippen LogP contribution in [0.3, 0.4) is 0 Å². The van der Waals surface area contributed by atoms with E-state index >= 15 is 0 Å². The lowest BCUT2D eigenvalue weighted by molar-refractivity contribution is -0.145. The fourth-order valence-corrected chi connectivity index (χ4v) is 4.12. The molecule has 0 radical (unpaired) electrons. The molecule has 1 atom stereocenters. The molecule has 1 N–H and O–H groups in total. The van der Waals surface area contributed by atoms with Crippen LogP contribution in [0.1, 0.15) is 44.4 Å². The fraction of sp³-hybridized carbons (Fsp3) is 0.265. The first-order chi connectivity index (χ1) is 19.7. The second kappa shape index (κ2) is 13.6. The highest BCUT2D eigenvalue weighted by atomic mass is 16.6. The smallest absolute Gasteiger partial charge is 0.345 e. The van der Waals surface area contributed by atoms with E-state index in [4.69, 9.17) is 14.3 Å². The predicted molar refractivity (Wildman–Crippen MR) is 161 cm³/mol. The molecule has 0 bridgehead atoms. The normalized spacial score (nSPS) is 12.4. The average molecular weight is 553 g/mol. The lowest BCUT2D eigenvalue weighted by atomic mass is 9.87. The average Bonchev–Trinajstić information content (AvgIpc) is 2.97. The maximum Gasteiger partial charge on any atom is 0.345 e. The number of carboxylic acids is 1. The number of oxime groups is 1. The molecule has 0 saturated heterocycles. The molecule has 0 spiro atoms. The number of carbonyl (C=O) groups is 1. The number of benzene rings is 3. The van der Waals surface area contributed by atoms with Crippen LogP contribution in [0.2, 0.25) is 0 Å². The van der Waals surface area contributed by atoms with E-state index in [1.54, 1.807) is 6.20 Å². The van der Waals surface area contributed by atoms with Crippen molar-refractivity contribution in [3.63, 3.8) is 0 Å². The second-order valence-electron chi connectivity index (χ2n) is 10.7. The van der Waals surface area contributed by atoms with Crippen molar-refractivity contribution in [1.29, 1.82) is 0 Å². The highest BCUT2D eigenvalue weighted by Gasteiger charge is 2.21. The summed E-state index contributed by atoms with van der Waals surface area (Å²) >= 11 is 0. The van der Waals surface area contributed by atoms with Gasteiger partial charge in [-0.05, 0) is 65.4 Å².